The van der Waals surface area contributed by atoms with Gasteiger partial charge in [0.1, 0.15) is 5.75 Å². The summed E-state index contributed by atoms with van der Waals surface area (Å²) < 4.78 is 5.73. The first kappa shape index (κ1) is 14.7. The van der Waals surface area contributed by atoms with Crippen LogP contribution in [0.1, 0.15) is 37.7 Å². The minimum Gasteiger partial charge on any atom is -0.497 e. The van der Waals surface area contributed by atoms with Crippen molar-refractivity contribution in [1.29, 1.82) is 0 Å². The first-order valence-corrected chi connectivity index (χ1v) is 8.39. The highest BCUT2D eigenvalue weighted by atomic mass is 32.2. The molecule has 106 valence electrons. The number of hydrogen-bond acceptors (Lipinski definition) is 3. The highest BCUT2D eigenvalue weighted by molar-refractivity contribution is 8.00. The lowest BCUT2D eigenvalue weighted by Gasteiger charge is -2.36. The molecule has 0 atom stereocenters. The number of nitrogens with one attached hydrogen (secondary N) is 1. The summed E-state index contributed by atoms with van der Waals surface area (Å²) in [6.45, 7) is 2.05. The Morgan fingerprint density at radius 2 is 2.05 bits per heavy atom. The first-order chi connectivity index (χ1) is 9.28. The number of ether oxygens (including phenoxy) is 1. The fourth-order valence-corrected chi connectivity index (χ4v) is 3.81. The summed E-state index contributed by atoms with van der Waals surface area (Å²) in [6, 6.07) is 8.32. The molecule has 0 amide bonds. The van der Waals surface area contributed by atoms with Gasteiger partial charge in [-0.2, -0.15) is 11.8 Å². The van der Waals surface area contributed by atoms with Crippen LogP contribution in [-0.2, 0) is 6.54 Å². The van der Waals surface area contributed by atoms with Crippen LogP contribution in [0.5, 0.6) is 5.75 Å². The lowest BCUT2D eigenvalue weighted by molar-refractivity contribution is 0.379. The molecule has 0 unspecified atom stereocenters. The molecule has 1 aliphatic carbocycles. The van der Waals surface area contributed by atoms with Crippen LogP contribution in [0.25, 0.3) is 0 Å². The van der Waals surface area contributed by atoms with E-state index in [9.17, 15) is 0 Å². The second-order valence-electron chi connectivity index (χ2n) is 5.40. The number of methoxy groups -OCH3 is 1. The Bertz CT molecular complexity index is 388. The van der Waals surface area contributed by atoms with Gasteiger partial charge in [-0.3, -0.25) is 0 Å². The Balaban J connectivity index is 1.84. The van der Waals surface area contributed by atoms with Crippen molar-refractivity contribution in [3.05, 3.63) is 29.8 Å². The average molecular weight is 279 g/mol. The molecule has 1 aliphatic rings. The van der Waals surface area contributed by atoms with E-state index in [0.29, 0.717) is 4.75 Å². The highest BCUT2D eigenvalue weighted by Crippen LogP contribution is 2.37. The molecule has 2 nitrogen and oxygen atoms in total. The van der Waals surface area contributed by atoms with Crippen LogP contribution in [0, 0.1) is 0 Å². The summed E-state index contributed by atoms with van der Waals surface area (Å²) in [5.41, 5.74) is 1.30. The molecule has 0 saturated heterocycles. The van der Waals surface area contributed by atoms with Crippen molar-refractivity contribution < 1.29 is 4.74 Å². The molecule has 0 aromatic heterocycles. The second kappa shape index (κ2) is 7.20. The van der Waals surface area contributed by atoms with Gasteiger partial charge in [0.15, 0.2) is 0 Å². The monoisotopic (exact) mass is 279 g/mol. The van der Waals surface area contributed by atoms with Gasteiger partial charge < -0.3 is 10.1 Å². The molecule has 19 heavy (non-hydrogen) atoms. The van der Waals surface area contributed by atoms with Crippen molar-refractivity contribution in [2.24, 2.45) is 0 Å². The number of thioether (sulfide) groups is 1. The maximum Gasteiger partial charge on any atom is 0.119 e. The van der Waals surface area contributed by atoms with Gasteiger partial charge in [-0.15, -0.1) is 0 Å². The zero-order valence-electron chi connectivity index (χ0n) is 12.1. The molecular formula is C16H25NOS. The fraction of sp³-hybridized carbons (Fsp3) is 0.625. The molecule has 2 rings (SSSR count). The Labute approximate surface area is 121 Å². The van der Waals surface area contributed by atoms with Crippen LogP contribution < -0.4 is 10.1 Å². The second-order valence-corrected chi connectivity index (χ2v) is 6.68. The zero-order chi connectivity index (χ0) is 13.6. The third kappa shape index (κ3) is 4.15. The van der Waals surface area contributed by atoms with Crippen LogP contribution in [0.4, 0.5) is 0 Å². The lowest BCUT2D eigenvalue weighted by Crippen LogP contribution is -2.39. The van der Waals surface area contributed by atoms with Gasteiger partial charge in [0.05, 0.1) is 7.11 Å². The first-order valence-electron chi connectivity index (χ1n) is 7.17. The molecule has 0 aliphatic heterocycles. The summed E-state index contributed by atoms with van der Waals surface area (Å²) in [6.07, 6.45) is 9.18. The Morgan fingerprint density at radius 1 is 1.26 bits per heavy atom. The summed E-state index contributed by atoms with van der Waals surface area (Å²) in [5, 5.41) is 3.64. The maximum atomic E-state index is 5.26. The Kier molecular flexibility index (Phi) is 5.59. The number of rotatable bonds is 6. The summed E-state index contributed by atoms with van der Waals surface area (Å²) in [7, 11) is 1.72. The van der Waals surface area contributed by atoms with E-state index in [-0.39, 0.29) is 0 Å². The fourth-order valence-electron chi connectivity index (χ4n) is 2.87. The van der Waals surface area contributed by atoms with Gasteiger partial charge in [-0.1, -0.05) is 31.4 Å². The van der Waals surface area contributed by atoms with Crippen molar-refractivity contribution in [2.45, 2.75) is 43.4 Å². The van der Waals surface area contributed by atoms with Crippen molar-refractivity contribution in [3.8, 4) is 5.75 Å². The van der Waals surface area contributed by atoms with Crippen LogP contribution in [0.2, 0.25) is 0 Å². The molecule has 0 spiro atoms. The largest absolute Gasteiger partial charge is 0.497 e. The predicted molar refractivity (Wildman–Crippen MR) is 84.0 cm³/mol. The maximum absolute atomic E-state index is 5.26. The molecule has 1 fully saturated rings. The van der Waals surface area contributed by atoms with Gasteiger partial charge >= 0.3 is 0 Å². The van der Waals surface area contributed by atoms with E-state index in [2.05, 4.69) is 29.8 Å². The predicted octanol–water partition coefficient (Wildman–Crippen LogP) is 3.85. The van der Waals surface area contributed by atoms with Crippen LogP contribution >= 0.6 is 11.8 Å². The minimum absolute atomic E-state index is 0.469. The average Bonchev–Trinajstić information content (AvgIpc) is 2.48. The molecular weight excluding hydrogens is 254 g/mol. The van der Waals surface area contributed by atoms with Gasteiger partial charge in [0, 0.05) is 17.8 Å². The molecule has 0 heterocycles. The van der Waals surface area contributed by atoms with Gasteiger partial charge in [-0.25, -0.2) is 0 Å². The van der Waals surface area contributed by atoms with E-state index in [1.807, 2.05) is 17.8 Å². The van der Waals surface area contributed by atoms with E-state index in [1.54, 1.807) is 7.11 Å². The van der Waals surface area contributed by atoms with Gasteiger partial charge in [-0.05, 0) is 36.8 Å². The third-order valence-corrected chi connectivity index (χ3v) is 5.53. The molecule has 0 radical (unpaired) electrons. The zero-order valence-corrected chi connectivity index (χ0v) is 12.9. The molecule has 0 bridgehead atoms. The Morgan fingerprint density at radius 3 is 2.74 bits per heavy atom. The topological polar surface area (TPSA) is 21.3 Å². The molecule has 1 N–H and O–H groups in total. The lowest BCUT2D eigenvalue weighted by atomic mass is 9.88. The van der Waals surface area contributed by atoms with Crippen LogP contribution in [0.3, 0.4) is 0 Å². The quantitative estimate of drug-likeness (QED) is 0.854. The number of hydrogen-bond donors (Lipinski definition) is 1. The van der Waals surface area contributed by atoms with E-state index < -0.39 is 0 Å². The molecule has 1 aromatic carbocycles. The normalized spacial score (nSPS) is 18.2. The van der Waals surface area contributed by atoms with Gasteiger partial charge in [0.2, 0.25) is 0 Å². The van der Waals surface area contributed by atoms with E-state index in [1.165, 1.54) is 37.7 Å². The third-order valence-electron chi connectivity index (χ3n) is 4.11. The molecule has 1 saturated carbocycles. The van der Waals surface area contributed by atoms with Crippen LogP contribution in [0.15, 0.2) is 24.3 Å². The summed E-state index contributed by atoms with van der Waals surface area (Å²) in [4.78, 5) is 0. The number of benzene rings is 1. The minimum atomic E-state index is 0.469. The van der Waals surface area contributed by atoms with E-state index >= 15 is 0 Å². The van der Waals surface area contributed by atoms with E-state index in [0.717, 1.165) is 18.8 Å². The molecule has 3 heteroatoms. The SMILES string of the molecule is COc1cccc(CNCC2(SC)CCCCC2)c1. The van der Waals surface area contributed by atoms with Crippen LogP contribution in [-0.4, -0.2) is 24.7 Å². The van der Waals surface area contributed by atoms with Crippen molar-refractivity contribution in [2.75, 3.05) is 19.9 Å². The van der Waals surface area contributed by atoms with Crippen molar-refractivity contribution in [1.82, 2.24) is 5.32 Å². The Hall–Kier alpha value is -0.670. The smallest absolute Gasteiger partial charge is 0.119 e. The standard InChI is InChI=1S/C16H25NOS/c1-18-15-8-6-7-14(11-15)12-17-13-16(19-2)9-4-3-5-10-16/h6-8,11,17H,3-5,9-10,12-13H2,1-2H3. The highest BCUT2D eigenvalue weighted by Gasteiger charge is 2.30. The summed E-state index contributed by atoms with van der Waals surface area (Å²) >= 11 is 2.05. The van der Waals surface area contributed by atoms with E-state index in [4.69, 9.17) is 4.74 Å². The van der Waals surface area contributed by atoms with Crippen molar-refractivity contribution in [3.63, 3.8) is 0 Å². The molecule has 1 aromatic rings. The van der Waals surface area contributed by atoms with Crippen molar-refractivity contribution >= 4 is 11.8 Å². The summed E-state index contributed by atoms with van der Waals surface area (Å²) in [5.74, 6) is 0.941. The van der Waals surface area contributed by atoms with Gasteiger partial charge in [0.25, 0.3) is 0 Å².